The maximum Gasteiger partial charge on any atom is 0.306 e. The lowest BCUT2D eigenvalue weighted by atomic mass is 9.92. The van der Waals surface area contributed by atoms with Crippen molar-refractivity contribution < 1.29 is 48.2 Å². The van der Waals surface area contributed by atoms with E-state index in [1.165, 1.54) is 24.0 Å². The molecule has 2 aliphatic rings. The number of carboxylic acids is 1. The van der Waals surface area contributed by atoms with Crippen LogP contribution in [-0.4, -0.2) is 116 Å². The molecule has 64 heavy (non-hydrogen) atoms. The van der Waals surface area contributed by atoms with Crippen molar-refractivity contribution in [2.45, 2.75) is 142 Å². The fourth-order valence-corrected chi connectivity index (χ4v) is 9.09. The number of aliphatic carboxylic acids is 1. The van der Waals surface area contributed by atoms with Crippen molar-refractivity contribution >= 4 is 58.7 Å². The Balaban J connectivity index is 1.44. The highest BCUT2D eigenvalue weighted by molar-refractivity contribution is 7.09. The molecule has 1 aromatic heterocycles. The maximum absolute atomic E-state index is 14.5. The van der Waals surface area contributed by atoms with Crippen molar-refractivity contribution in [2.75, 3.05) is 20.1 Å². The zero-order valence-corrected chi connectivity index (χ0v) is 39.1. The summed E-state index contributed by atoms with van der Waals surface area (Å²) in [5.41, 5.74) is 1.02. The molecular weight excluding hydrogens is 841 g/mol. The van der Waals surface area contributed by atoms with Crippen LogP contribution in [0.1, 0.15) is 133 Å². The molecule has 4 rings (SSSR count). The number of likely N-dealkylation sites (N-methyl/N-ethyl adjacent to an activating group) is 1. The van der Waals surface area contributed by atoms with Gasteiger partial charge in [0, 0.05) is 69.5 Å². The number of ether oxygens (including phenoxy) is 1. The van der Waals surface area contributed by atoms with Crippen molar-refractivity contribution in [3.8, 4) is 0 Å². The molecule has 17 heteroatoms. The molecule has 1 saturated heterocycles. The lowest BCUT2D eigenvalue weighted by Crippen LogP contribution is -2.59. The van der Waals surface area contributed by atoms with Gasteiger partial charge in [0.2, 0.25) is 17.7 Å². The number of esters is 1. The minimum absolute atomic E-state index is 0.0872. The third kappa shape index (κ3) is 14.5. The molecule has 6 amide bonds. The number of rotatable bonds is 24. The third-order valence-electron chi connectivity index (χ3n) is 12.2. The summed E-state index contributed by atoms with van der Waals surface area (Å²) in [5, 5.41) is 17.5. The lowest BCUT2D eigenvalue weighted by Gasteiger charge is -2.39. The Morgan fingerprint density at radius 2 is 1.64 bits per heavy atom. The number of thiazole rings is 1. The van der Waals surface area contributed by atoms with Gasteiger partial charge in [-0.15, -0.1) is 11.3 Å². The van der Waals surface area contributed by atoms with Gasteiger partial charge in [0.15, 0.2) is 6.10 Å². The van der Waals surface area contributed by atoms with E-state index < -0.39 is 59.9 Å². The molecule has 1 fully saturated rings. The summed E-state index contributed by atoms with van der Waals surface area (Å²) >= 11 is 1.14. The van der Waals surface area contributed by atoms with E-state index in [2.05, 4.69) is 15.6 Å². The summed E-state index contributed by atoms with van der Waals surface area (Å²) in [6.07, 6.45) is 6.83. The van der Waals surface area contributed by atoms with Gasteiger partial charge in [-0.2, -0.15) is 0 Å². The molecule has 0 saturated carbocycles. The van der Waals surface area contributed by atoms with Crippen molar-refractivity contribution in [2.24, 2.45) is 17.8 Å². The van der Waals surface area contributed by atoms with E-state index in [1.807, 2.05) is 58.0 Å². The molecule has 0 spiro atoms. The average Bonchev–Trinajstić information content (AvgIpc) is 3.89. The summed E-state index contributed by atoms with van der Waals surface area (Å²) < 4.78 is 5.79. The number of imide groups is 1. The molecule has 350 valence electrons. The van der Waals surface area contributed by atoms with Crippen LogP contribution in [0.4, 0.5) is 0 Å². The van der Waals surface area contributed by atoms with Crippen LogP contribution in [-0.2, 0) is 44.7 Å². The Hall–Kier alpha value is -5.45. The minimum atomic E-state index is -0.969. The Kier molecular flexibility index (Phi) is 19.6. The molecule has 0 unspecified atom stereocenters. The zero-order valence-electron chi connectivity index (χ0n) is 38.2. The standard InChI is InChI=1S/C47H66N6O10S/c1-8-30(4)42(50-44(59)36-19-14-16-23-52(36)39(55)20-13-10-15-24-53-40(56)21-22-41(53)57)46(60)51(7)37(29(2)3)27-38(63-32(6)54)45-49-35(28-64-45)43(58)48-34(25-31(5)47(61)62)26-33-17-11-9-12-18-33/h9,11-12,17-18,21-22,28-31,34,36-38,42H,8,10,13-16,19-20,23-27H2,1-7H3,(H,48,58)(H,50,59)(H,61,62)/t30-,31-,34+,36+,37+,38+,42-/m0/s1. The number of nitrogens with zero attached hydrogens (tertiary/aromatic N) is 4. The largest absolute Gasteiger partial charge is 0.481 e. The van der Waals surface area contributed by atoms with Gasteiger partial charge in [-0.1, -0.05) is 77.8 Å². The van der Waals surface area contributed by atoms with E-state index in [0.717, 1.165) is 29.7 Å². The molecule has 3 heterocycles. The second-order valence-corrected chi connectivity index (χ2v) is 18.3. The normalized spacial score (nSPS) is 17.9. The molecule has 7 atom stereocenters. The van der Waals surface area contributed by atoms with E-state index in [-0.39, 0.29) is 67.0 Å². The Labute approximate surface area is 380 Å². The van der Waals surface area contributed by atoms with Crippen LogP contribution in [0.5, 0.6) is 0 Å². The van der Waals surface area contributed by atoms with E-state index >= 15 is 0 Å². The highest BCUT2D eigenvalue weighted by Crippen LogP contribution is 2.31. The summed E-state index contributed by atoms with van der Waals surface area (Å²) in [5.74, 6) is -4.70. The highest BCUT2D eigenvalue weighted by Gasteiger charge is 2.39. The van der Waals surface area contributed by atoms with Gasteiger partial charge >= 0.3 is 11.9 Å². The second kappa shape index (κ2) is 24.6. The van der Waals surface area contributed by atoms with Crippen LogP contribution in [0.3, 0.4) is 0 Å². The predicted octanol–water partition coefficient (Wildman–Crippen LogP) is 5.47. The van der Waals surface area contributed by atoms with Crippen LogP contribution in [0.15, 0.2) is 47.9 Å². The Morgan fingerprint density at radius 1 is 0.953 bits per heavy atom. The molecular formula is C47H66N6O10S. The number of amides is 6. The minimum Gasteiger partial charge on any atom is -0.481 e. The van der Waals surface area contributed by atoms with Crippen LogP contribution >= 0.6 is 11.3 Å². The smallest absolute Gasteiger partial charge is 0.306 e. The van der Waals surface area contributed by atoms with E-state index in [9.17, 15) is 43.5 Å². The summed E-state index contributed by atoms with van der Waals surface area (Å²) in [6, 6.07) is 6.80. The van der Waals surface area contributed by atoms with Crippen LogP contribution in [0, 0.1) is 17.8 Å². The van der Waals surface area contributed by atoms with Crippen LogP contribution in [0.25, 0.3) is 0 Å². The lowest BCUT2D eigenvalue weighted by molar-refractivity contribution is -0.149. The molecule has 2 aliphatic heterocycles. The van der Waals surface area contributed by atoms with Gasteiger partial charge in [0.25, 0.3) is 17.7 Å². The predicted molar refractivity (Wildman–Crippen MR) is 241 cm³/mol. The number of likely N-dealkylation sites (tertiary alicyclic amines) is 1. The molecule has 0 bridgehead atoms. The topological polar surface area (TPSA) is 213 Å². The first kappa shape index (κ1) is 51.2. The monoisotopic (exact) mass is 906 g/mol. The summed E-state index contributed by atoms with van der Waals surface area (Å²) in [6.45, 7) is 11.3. The maximum atomic E-state index is 14.5. The number of aromatic nitrogens is 1. The fourth-order valence-electron chi connectivity index (χ4n) is 8.25. The van der Waals surface area contributed by atoms with E-state index in [4.69, 9.17) is 4.74 Å². The number of hydrogen-bond donors (Lipinski definition) is 3. The molecule has 3 N–H and O–H groups in total. The quantitative estimate of drug-likeness (QED) is 0.0683. The number of unbranched alkanes of at least 4 members (excludes halogenated alkanes) is 2. The third-order valence-corrected chi connectivity index (χ3v) is 13.1. The highest BCUT2D eigenvalue weighted by atomic mass is 32.1. The molecule has 0 radical (unpaired) electrons. The van der Waals surface area contributed by atoms with Gasteiger partial charge in [-0.05, 0) is 62.3 Å². The fraction of sp³-hybridized carbons (Fsp3) is 0.596. The first-order valence-corrected chi connectivity index (χ1v) is 23.4. The number of benzene rings is 1. The molecule has 2 aromatic rings. The van der Waals surface area contributed by atoms with E-state index in [0.29, 0.717) is 50.1 Å². The number of carbonyl (C=O) groups excluding carboxylic acids is 7. The number of carbonyl (C=O) groups is 8. The SMILES string of the molecule is CC[C@H](C)[C@H](NC(=O)[C@H]1CCCCN1C(=O)CCCCCN1C(=O)C=CC1=O)C(=O)N(C)[C@H](C[C@@H](OC(C)=O)c1nc(C(=O)N[C@@H](Cc2ccccc2)C[C@H](C)C(=O)O)cs1)C(C)C. The van der Waals surface area contributed by atoms with Crippen molar-refractivity contribution in [3.63, 3.8) is 0 Å². The summed E-state index contributed by atoms with van der Waals surface area (Å²) in [4.78, 5) is 113. The zero-order chi connectivity index (χ0) is 47.1. The number of hydrogen-bond acceptors (Lipinski definition) is 11. The van der Waals surface area contributed by atoms with Gasteiger partial charge in [0.1, 0.15) is 22.8 Å². The first-order valence-electron chi connectivity index (χ1n) is 22.5. The Bertz CT molecular complexity index is 1970. The number of nitrogens with one attached hydrogen (secondary N) is 2. The van der Waals surface area contributed by atoms with E-state index in [1.54, 1.807) is 29.2 Å². The van der Waals surface area contributed by atoms with Gasteiger partial charge in [-0.3, -0.25) is 43.3 Å². The number of carboxylic acid groups (broad SMARTS) is 1. The van der Waals surface area contributed by atoms with Crippen LogP contribution in [0.2, 0.25) is 0 Å². The number of piperidine rings is 1. The summed E-state index contributed by atoms with van der Waals surface area (Å²) in [7, 11) is 1.66. The first-order chi connectivity index (χ1) is 30.4. The van der Waals surface area contributed by atoms with Crippen molar-refractivity contribution in [3.05, 3.63) is 64.1 Å². The van der Waals surface area contributed by atoms with Gasteiger partial charge < -0.3 is 30.3 Å². The molecule has 16 nitrogen and oxygen atoms in total. The Morgan fingerprint density at radius 3 is 2.27 bits per heavy atom. The van der Waals surface area contributed by atoms with Crippen LogP contribution < -0.4 is 10.6 Å². The van der Waals surface area contributed by atoms with Gasteiger partial charge in [0.05, 0.1) is 5.92 Å². The average molecular weight is 907 g/mol. The van der Waals surface area contributed by atoms with Gasteiger partial charge in [-0.25, -0.2) is 4.98 Å². The molecule has 1 aromatic carbocycles. The second-order valence-electron chi connectivity index (χ2n) is 17.4. The van der Waals surface area contributed by atoms with Crippen molar-refractivity contribution in [1.82, 2.24) is 30.3 Å². The molecule has 0 aliphatic carbocycles. The van der Waals surface area contributed by atoms with Crippen molar-refractivity contribution in [1.29, 1.82) is 0 Å².